The molecule has 1 atom stereocenters. The van der Waals surface area contributed by atoms with E-state index in [1.165, 1.54) is 0 Å². The van der Waals surface area contributed by atoms with E-state index >= 15 is 0 Å². The van der Waals surface area contributed by atoms with E-state index in [-0.39, 0.29) is 24.3 Å². The topological polar surface area (TPSA) is 86.5 Å². The predicted octanol–water partition coefficient (Wildman–Crippen LogP) is 2.04. The molecule has 0 aromatic carbocycles. The molecule has 1 aliphatic heterocycles. The van der Waals surface area contributed by atoms with E-state index in [1.807, 2.05) is 13.8 Å². The number of aliphatic hydroxyl groups is 1. The van der Waals surface area contributed by atoms with Crippen LogP contribution in [0.25, 0.3) is 0 Å². The van der Waals surface area contributed by atoms with Crippen LogP contribution in [-0.4, -0.2) is 45.3 Å². The Kier molecular flexibility index (Phi) is 5.12. The van der Waals surface area contributed by atoms with Crippen molar-refractivity contribution in [1.29, 1.82) is 0 Å². The molecule has 0 radical (unpaired) electrons. The maximum atomic E-state index is 11.5. The van der Waals surface area contributed by atoms with Crippen LogP contribution in [0.2, 0.25) is 0 Å². The van der Waals surface area contributed by atoms with E-state index in [0.29, 0.717) is 11.5 Å². The Bertz CT molecular complexity index is 505. The Morgan fingerprint density at radius 2 is 2.29 bits per heavy atom. The normalized spacial score (nSPS) is 18.5. The smallest absolute Gasteiger partial charge is 0.356 e. The van der Waals surface area contributed by atoms with Gasteiger partial charge in [-0.3, -0.25) is 0 Å². The van der Waals surface area contributed by atoms with Crippen LogP contribution in [0.3, 0.4) is 0 Å². The monoisotopic (exact) mass is 293 g/mol. The standard InChI is InChI=1S/C15H23N3O3/c1-10(2)14-16-9-12(13(17-14)15(20)21)18-7-3-5-11(18)6-4-8-19/h9-11,19H,3-8H2,1-2H3,(H,20,21). The predicted molar refractivity (Wildman–Crippen MR) is 79.8 cm³/mol. The van der Waals surface area contributed by atoms with Crippen LogP contribution in [0.4, 0.5) is 5.69 Å². The summed E-state index contributed by atoms with van der Waals surface area (Å²) in [5.74, 6) is -0.356. The summed E-state index contributed by atoms with van der Waals surface area (Å²) >= 11 is 0. The summed E-state index contributed by atoms with van der Waals surface area (Å²) in [6.07, 6.45) is 5.28. The second-order valence-corrected chi connectivity index (χ2v) is 5.78. The zero-order valence-corrected chi connectivity index (χ0v) is 12.6. The van der Waals surface area contributed by atoms with Gasteiger partial charge in [0.2, 0.25) is 0 Å². The first-order valence-electron chi connectivity index (χ1n) is 7.52. The highest BCUT2D eigenvalue weighted by Gasteiger charge is 2.29. The fourth-order valence-electron chi connectivity index (χ4n) is 2.81. The van der Waals surface area contributed by atoms with Gasteiger partial charge in [0.25, 0.3) is 0 Å². The number of hydrogen-bond donors (Lipinski definition) is 2. The second kappa shape index (κ2) is 6.85. The van der Waals surface area contributed by atoms with Gasteiger partial charge in [0, 0.05) is 25.1 Å². The number of carbonyl (C=O) groups is 1. The molecule has 6 nitrogen and oxygen atoms in total. The van der Waals surface area contributed by atoms with Crippen LogP contribution < -0.4 is 4.90 Å². The Morgan fingerprint density at radius 3 is 2.90 bits per heavy atom. The van der Waals surface area contributed by atoms with Gasteiger partial charge in [0.15, 0.2) is 5.69 Å². The quantitative estimate of drug-likeness (QED) is 0.834. The van der Waals surface area contributed by atoms with E-state index in [0.717, 1.165) is 32.2 Å². The van der Waals surface area contributed by atoms with Gasteiger partial charge < -0.3 is 15.1 Å². The minimum Gasteiger partial charge on any atom is -0.476 e. The average Bonchev–Trinajstić information content (AvgIpc) is 2.92. The van der Waals surface area contributed by atoms with Crippen molar-refractivity contribution in [2.45, 2.75) is 51.5 Å². The molecule has 2 heterocycles. The van der Waals surface area contributed by atoms with Crippen LogP contribution >= 0.6 is 0 Å². The third kappa shape index (κ3) is 3.50. The number of aromatic carboxylic acids is 1. The summed E-state index contributed by atoms with van der Waals surface area (Å²) in [4.78, 5) is 22.1. The van der Waals surface area contributed by atoms with E-state index in [9.17, 15) is 9.90 Å². The van der Waals surface area contributed by atoms with Gasteiger partial charge in [-0.1, -0.05) is 13.8 Å². The van der Waals surface area contributed by atoms with Crippen molar-refractivity contribution in [2.75, 3.05) is 18.1 Å². The molecule has 0 amide bonds. The van der Waals surface area contributed by atoms with E-state index < -0.39 is 5.97 Å². The van der Waals surface area contributed by atoms with Crippen molar-refractivity contribution in [3.05, 3.63) is 17.7 Å². The fourth-order valence-corrected chi connectivity index (χ4v) is 2.81. The molecule has 0 bridgehead atoms. The Morgan fingerprint density at radius 1 is 1.52 bits per heavy atom. The number of aromatic nitrogens is 2. The second-order valence-electron chi connectivity index (χ2n) is 5.78. The number of carboxylic acids is 1. The molecule has 0 aliphatic carbocycles. The zero-order chi connectivity index (χ0) is 15.4. The minimum atomic E-state index is -1.01. The third-order valence-electron chi connectivity index (χ3n) is 3.89. The summed E-state index contributed by atoms with van der Waals surface area (Å²) in [5.41, 5.74) is 0.692. The van der Waals surface area contributed by atoms with E-state index in [1.54, 1.807) is 6.20 Å². The van der Waals surface area contributed by atoms with Gasteiger partial charge in [0.1, 0.15) is 5.82 Å². The van der Waals surface area contributed by atoms with Crippen molar-refractivity contribution in [1.82, 2.24) is 9.97 Å². The number of rotatable bonds is 6. The summed E-state index contributed by atoms with van der Waals surface area (Å²) in [6, 6.07) is 0.267. The number of carboxylic acid groups (broad SMARTS) is 1. The molecular weight excluding hydrogens is 270 g/mol. The van der Waals surface area contributed by atoms with Crippen LogP contribution in [0.15, 0.2) is 6.20 Å². The largest absolute Gasteiger partial charge is 0.476 e. The van der Waals surface area contributed by atoms with Crippen LogP contribution in [-0.2, 0) is 0 Å². The van der Waals surface area contributed by atoms with Crippen LogP contribution in [0.5, 0.6) is 0 Å². The highest BCUT2D eigenvalue weighted by atomic mass is 16.4. The highest BCUT2D eigenvalue weighted by molar-refractivity contribution is 5.92. The number of anilines is 1. The molecule has 1 fully saturated rings. The summed E-state index contributed by atoms with van der Waals surface area (Å²) in [6.45, 7) is 4.88. The first kappa shape index (κ1) is 15.7. The SMILES string of the molecule is CC(C)c1ncc(N2CCCC2CCCO)c(C(=O)O)n1. The van der Waals surface area contributed by atoms with Crippen molar-refractivity contribution < 1.29 is 15.0 Å². The molecule has 21 heavy (non-hydrogen) atoms. The molecule has 0 spiro atoms. The molecule has 116 valence electrons. The lowest BCUT2D eigenvalue weighted by molar-refractivity contribution is 0.0690. The molecule has 6 heteroatoms. The Balaban J connectivity index is 2.31. The lowest BCUT2D eigenvalue weighted by Gasteiger charge is -2.27. The third-order valence-corrected chi connectivity index (χ3v) is 3.89. The minimum absolute atomic E-state index is 0.0876. The van der Waals surface area contributed by atoms with Gasteiger partial charge in [-0.2, -0.15) is 0 Å². The lowest BCUT2D eigenvalue weighted by atomic mass is 10.1. The van der Waals surface area contributed by atoms with Gasteiger partial charge in [-0.05, 0) is 25.7 Å². The molecule has 1 aromatic heterocycles. The van der Waals surface area contributed by atoms with Crippen LogP contribution in [0.1, 0.15) is 61.8 Å². The first-order valence-corrected chi connectivity index (χ1v) is 7.52. The Hall–Kier alpha value is -1.69. The summed E-state index contributed by atoms with van der Waals surface area (Å²) < 4.78 is 0. The molecule has 2 rings (SSSR count). The Labute approximate surface area is 124 Å². The van der Waals surface area contributed by atoms with E-state index in [2.05, 4.69) is 14.9 Å². The molecule has 1 aromatic rings. The highest BCUT2D eigenvalue weighted by Crippen LogP contribution is 2.30. The number of aliphatic hydroxyl groups excluding tert-OH is 1. The number of nitrogens with zero attached hydrogens (tertiary/aromatic N) is 3. The summed E-state index contributed by atoms with van der Waals surface area (Å²) in [5, 5.41) is 18.4. The molecule has 1 aliphatic rings. The van der Waals surface area contributed by atoms with E-state index in [4.69, 9.17) is 5.11 Å². The fraction of sp³-hybridized carbons (Fsp3) is 0.667. The van der Waals surface area contributed by atoms with Crippen molar-refractivity contribution >= 4 is 11.7 Å². The van der Waals surface area contributed by atoms with Gasteiger partial charge in [-0.25, -0.2) is 14.8 Å². The molecular formula is C15H23N3O3. The van der Waals surface area contributed by atoms with Crippen molar-refractivity contribution in [2.24, 2.45) is 0 Å². The molecule has 1 saturated heterocycles. The maximum Gasteiger partial charge on any atom is 0.356 e. The number of hydrogen-bond acceptors (Lipinski definition) is 5. The maximum absolute atomic E-state index is 11.5. The van der Waals surface area contributed by atoms with Gasteiger partial charge in [0.05, 0.1) is 11.9 Å². The summed E-state index contributed by atoms with van der Waals surface area (Å²) in [7, 11) is 0. The van der Waals surface area contributed by atoms with Gasteiger partial charge in [-0.15, -0.1) is 0 Å². The van der Waals surface area contributed by atoms with Crippen LogP contribution in [0, 0.1) is 0 Å². The van der Waals surface area contributed by atoms with Crippen molar-refractivity contribution in [3.8, 4) is 0 Å². The molecule has 1 unspecified atom stereocenters. The zero-order valence-electron chi connectivity index (χ0n) is 12.6. The van der Waals surface area contributed by atoms with Gasteiger partial charge >= 0.3 is 5.97 Å². The lowest BCUT2D eigenvalue weighted by Crippen LogP contribution is -2.31. The first-order chi connectivity index (χ1) is 10.0. The molecule has 0 saturated carbocycles. The van der Waals surface area contributed by atoms with Crippen molar-refractivity contribution in [3.63, 3.8) is 0 Å². The average molecular weight is 293 g/mol. The molecule has 2 N–H and O–H groups in total.